The Morgan fingerprint density at radius 3 is 2.83 bits per heavy atom. The minimum atomic E-state index is -0.553. The maximum atomic E-state index is 12.2. The van der Waals surface area contributed by atoms with Crippen LogP contribution in [0.2, 0.25) is 0 Å². The third kappa shape index (κ3) is 3.88. The van der Waals surface area contributed by atoms with Gasteiger partial charge in [-0.25, -0.2) is 4.63 Å². The molecule has 0 bridgehead atoms. The van der Waals surface area contributed by atoms with Crippen LogP contribution in [0.4, 0.5) is 0 Å². The van der Waals surface area contributed by atoms with Gasteiger partial charge in [-0.05, 0) is 26.2 Å². The van der Waals surface area contributed by atoms with Gasteiger partial charge in [0.25, 0.3) is 0 Å². The lowest BCUT2D eigenvalue weighted by Gasteiger charge is -2.43. The van der Waals surface area contributed by atoms with Crippen LogP contribution in [0.3, 0.4) is 0 Å². The largest absolute Gasteiger partial charge is 0.389 e. The summed E-state index contributed by atoms with van der Waals surface area (Å²) in [5, 5.41) is 21.0. The number of nitrogens with one attached hydrogen (secondary N) is 1. The molecule has 3 rings (SSSR count). The second-order valence-electron chi connectivity index (χ2n) is 6.28. The molecule has 8 heteroatoms. The molecule has 2 fully saturated rings. The number of aryl methyl sites for hydroxylation is 1. The lowest BCUT2D eigenvalue weighted by Crippen LogP contribution is -2.58. The van der Waals surface area contributed by atoms with Gasteiger partial charge in [0.05, 0.1) is 31.8 Å². The van der Waals surface area contributed by atoms with Crippen LogP contribution in [0.1, 0.15) is 30.7 Å². The Kier molecular flexibility index (Phi) is 5.24. The lowest BCUT2D eigenvalue weighted by molar-refractivity contribution is -0.123. The van der Waals surface area contributed by atoms with Gasteiger partial charge in [-0.3, -0.25) is 9.69 Å². The van der Waals surface area contributed by atoms with Gasteiger partial charge < -0.3 is 15.2 Å². The number of morpholine rings is 1. The Bertz CT molecular complexity index is 529. The number of carbonyl (C=O) groups excluding carboxylic acids is 1. The maximum Gasteiger partial charge on any atom is 0.226 e. The van der Waals surface area contributed by atoms with E-state index in [1.807, 2.05) is 0 Å². The zero-order valence-electron chi connectivity index (χ0n) is 13.4. The zero-order valence-corrected chi connectivity index (χ0v) is 13.4. The van der Waals surface area contributed by atoms with Crippen molar-refractivity contribution in [2.24, 2.45) is 0 Å². The molecule has 0 spiro atoms. The number of aromatic nitrogens is 2. The molecule has 2 N–H and O–H groups in total. The van der Waals surface area contributed by atoms with Crippen LogP contribution in [0.15, 0.2) is 4.63 Å². The van der Waals surface area contributed by atoms with Crippen LogP contribution < -0.4 is 5.32 Å². The predicted octanol–water partition coefficient (Wildman–Crippen LogP) is -0.349. The highest BCUT2D eigenvalue weighted by Gasteiger charge is 2.36. The summed E-state index contributed by atoms with van der Waals surface area (Å²) in [5.74, 6) is -0.157. The van der Waals surface area contributed by atoms with Crippen LogP contribution in [0.25, 0.3) is 0 Å². The quantitative estimate of drug-likeness (QED) is 0.781. The molecule has 2 aliphatic rings. The fourth-order valence-electron chi connectivity index (χ4n) is 3.44. The molecule has 1 aliphatic heterocycles. The predicted molar refractivity (Wildman–Crippen MR) is 80.7 cm³/mol. The van der Waals surface area contributed by atoms with E-state index in [1.165, 1.54) is 0 Å². The van der Waals surface area contributed by atoms with Crippen molar-refractivity contribution in [2.75, 3.05) is 26.3 Å². The fraction of sp³-hybridized carbons (Fsp3) is 0.800. The first-order valence-corrected chi connectivity index (χ1v) is 8.22. The van der Waals surface area contributed by atoms with E-state index in [1.54, 1.807) is 6.92 Å². The highest BCUT2D eigenvalue weighted by molar-refractivity contribution is 5.78. The minimum absolute atomic E-state index is 0.0911. The lowest BCUT2D eigenvalue weighted by atomic mass is 9.86. The molecule has 23 heavy (non-hydrogen) atoms. The van der Waals surface area contributed by atoms with Crippen molar-refractivity contribution in [2.45, 2.75) is 50.8 Å². The van der Waals surface area contributed by atoms with Gasteiger partial charge in [0.1, 0.15) is 11.4 Å². The van der Waals surface area contributed by atoms with Gasteiger partial charge in [-0.15, -0.1) is 0 Å². The molecule has 1 aliphatic carbocycles. The Balaban J connectivity index is 1.56. The summed E-state index contributed by atoms with van der Waals surface area (Å²) in [5.41, 5.74) is 1.16. The molecular weight excluding hydrogens is 300 g/mol. The number of hydrogen-bond donors (Lipinski definition) is 2. The van der Waals surface area contributed by atoms with Gasteiger partial charge in [-0.2, -0.15) is 0 Å². The minimum Gasteiger partial charge on any atom is -0.389 e. The highest BCUT2D eigenvalue weighted by Crippen LogP contribution is 2.24. The summed E-state index contributed by atoms with van der Waals surface area (Å²) >= 11 is 0. The number of aliphatic hydroxyl groups excluding tert-OH is 1. The maximum absolute atomic E-state index is 12.2. The average molecular weight is 324 g/mol. The van der Waals surface area contributed by atoms with E-state index in [0.29, 0.717) is 24.6 Å². The summed E-state index contributed by atoms with van der Waals surface area (Å²) in [4.78, 5) is 14.5. The van der Waals surface area contributed by atoms with E-state index in [-0.39, 0.29) is 24.4 Å². The number of amides is 1. The highest BCUT2D eigenvalue weighted by atomic mass is 16.6. The van der Waals surface area contributed by atoms with Crippen molar-refractivity contribution in [1.29, 1.82) is 0 Å². The van der Waals surface area contributed by atoms with Crippen molar-refractivity contribution >= 4 is 5.91 Å². The number of rotatable bonds is 4. The molecular formula is C15H24N4O4. The molecule has 0 unspecified atom stereocenters. The van der Waals surface area contributed by atoms with Gasteiger partial charge in [0, 0.05) is 19.1 Å². The topological polar surface area (TPSA) is 101 Å². The summed E-state index contributed by atoms with van der Waals surface area (Å²) in [7, 11) is 0. The van der Waals surface area contributed by atoms with E-state index in [9.17, 15) is 9.90 Å². The first-order valence-electron chi connectivity index (χ1n) is 8.22. The second-order valence-corrected chi connectivity index (χ2v) is 6.28. The van der Waals surface area contributed by atoms with E-state index < -0.39 is 6.10 Å². The number of aliphatic hydroxyl groups is 1. The Morgan fingerprint density at radius 2 is 2.13 bits per heavy atom. The summed E-state index contributed by atoms with van der Waals surface area (Å²) in [6, 6.07) is -0.127. The summed E-state index contributed by atoms with van der Waals surface area (Å²) in [6.45, 7) is 4.85. The number of hydrogen-bond acceptors (Lipinski definition) is 7. The van der Waals surface area contributed by atoms with Crippen molar-refractivity contribution in [3.8, 4) is 0 Å². The Labute approximate surface area is 135 Å². The molecule has 1 aromatic rings. The summed E-state index contributed by atoms with van der Waals surface area (Å²) < 4.78 is 9.98. The van der Waals surface area contributed by atoms with Crippen LogP contribution >= 0.6 is 0 Å². The van der Waals surface area contributed by atoms with Crippen molar-refractivity contribution in [3.63, 3.8) is 0 Å². The van der Waals surface area contributed by atoms with Gasteiger partial charge in [0.2, 0.25) is 5.91 Å². The zero-order chi connectivity index (χ0) is 16.2. The van der Waals surface area contributed by atoms with Crippen LogP contribution in [-0.2, 0) is 16.0 Å². The number of carbonyl (C=O) groups is 1. The molecule has 8 nitrogen and oxygen atoms in total. The molecule has 1 saturated carbocycles. The number of ether oxygens (including phenoxy) is 1. The summed E-state index contributed by atoms with van der Waals surface area (Å²) in [6.07, 6.45) is 2.32. The Hall–Kier alpha value is -1.51. The Morgan fingerprint density at radius 1 is 1.35 bits per heavy atom. The van der Waals surface area contributed by atoms with Crippen LogP contribution in [0, 0.1) is 6.92 Å². The monoisotopic (exact) mass is 324 g/mol. The van der Waals surface area contributed by atoms with Crippen LogP contribution in [-0.4, -0.2) is 70.7 Å². The van der Waals surface area contributed by atoms with Crippen molar-refractivity contribution in [3.05, 3.63) is 11.4 Å². The first-order chi connectivity index (χ1) is 11.1. The van der Waals surface area contributed by atoms with E-state index in [4.69, 9.17) is 4.74 Å². The standard InChI is InChI=1S/C15H24N4O4/c1-10-12(18-23-17-10)9-14(20)16-11-3-2-4-13(15(11)21)19-5-7-22-8-6-19/h11,13,15,21H,2-9H2,1H3,(H,16,20)/t11-,13-,15-/m1/s1. The van der Waals surface area contributed by atoms with Crippen molar-refractivity contribution in [1.82, 2.24) is 20.5 Å². The molecule has 128 valence electrons. The van der Waals surface area contributed by atoms with Gasteiger partial charge >= 0.3 is 0 Å². The molecule has 1 saturated heterocycles. The molecule has 0 radical (unpaired) electrons. The van der Waals surface area contributed by atoms with E-state index >= 15 is 0 Å². The molecule has 2 heterocycles. The SMILES string of the molecule is Cc1nonc1CC(=O)N[C@@H]1CCC[C@@H](N2CCOCC2)[C@@H]1O. The van der Waals surface area contributed by atoms with Gasteiger partial charge in [0.15, 0.2) is 0 Å². The smallest absolute Gasteiger partial charge is 0.226 e. The molecule has 0 aromatic carbocycles. The molecule has 1 amide bonds. The third-order valence-electron chi connectivity index (χ3n) is 4.76. The third-order valence-corrected chi connectivity index (χ3v) is 4.76. The van der Waals surface area contributed by atoms with Crippen LogP contribution in [0.5, 0.6) is 0 Å². The second kappa shape index (κ2) is 7.37. The fourth-order valence-corrected chi connectivity index (χ4v) is 3.44. The normalized spacial score (nSPS) is 29.4. The van der Waals surface area contributed by atoms with Gasteiger partial charge in [-0.1, -0.05) is 10.3 Å². The van der Waals surface area contributed by atoms with Crippen molar-refractivity contribution < 1.29 is 19.3 Å². The molecule has 1 aromatic heterocycles. The number of nitrogens with zero attached hydrogens (tertiary/aromatic N) is 3. The van der Waals surface area contributed by atoms with E-state index in [0.717, 1.165) is 32.4 Å². The molecule has 3 atom stereocenters. The first kappa shape index (κ1) is 16.4. The average Bonchev–Trinajstić information content (AvgIpc) is 2.95. The van der Waals surface area contributed by atoms with E-state index in [2.05, 4.69) is 25.2 Å².